The average Bonchev–Trinajstić information content (AvgIpc) is 2.36. The molecule has 1 aromatic carbocycles. The van der Waals surface area contributed by atoms with Crippen LogP contribution >= 0.6 is 11.6 Å². The molecule has 0 fully saturated rings. The Morgan fingerprint density at radius 3 is 2.47 bits per heavy atom. The summed E-state index contributed by atoms with van der Waals surface area (Å²) < 4.78 is 0. The molecule has 3 heteroatoms. The lowest BCUT2D eigenvalue weighted by atomic mass is 9.96. The predicted molar refractivity (Wildman–Crippen MR) is 80.7 cm³/mol. The van der Waals surface area contributed by atoms with Gasteiger partial charge in [0.2, 0.25) is 0 Å². The zero-order chi connectivity index (χ0) is 13.8. The average molecular weight is 275 g/mol. The highest BCUT2D eigenvalue weighted by Gasteiger charge is 2.16. The third kappa shape index (κ3) is 3.34. The van der Waals surface area contributed by atoms with Crippen LogP contribution in [0.3, 0.4) is 0 Å². The molecule has 0 radical (unpaired) electrons. The number of aromatic nitrogens is 1. The molecule has 0 aliphatic rings. The molecular formula is C16H19ClN2. The Bertz CT molecular complexity index is 546. The van der Waals surface area contributed by atoms with Crippen molar-refractivity contribution in [2.24, 2.45) is 0 Å². The molecule has 0 aliphatic carbocycles. The molecule has 1 N–H and O–H groups in total. The highest BCUT2D eigenvalue weighted by molar-refractivity contribution is 6.31. The lowest BCUT2D eigenvalue weighted by molar-refractivity contribution is 0.629. The first-order chi connectivity index (χ1) is 9.11. The Morgan fingerprint density at radius 2 is 1.89 bits per heavy atom. The van der Waals surface area contributed by atoms with Crippen LogP contribution < -0.4 is 5.32 Å². The monoisotopic (exact) mass is 274 g/mol. The van der Waals surface area contributed by atoms with Gasteiger partial charge in [-0.15, -0.1) is 0 Å². The van der Waals surface area contributed by atoms with Gasteiger partial charge >= 0.3 is 0 Å². The summed E-state index contributed by atoms with van der Waals surface area (Å²) in [6, 6.07) is 8.68. The Balaban J connectivity index is 2.48. The smallest absolute Gasteiger partial charge is 0.0640 e. The van der Waals surface area contributed by atoms with Gasteiger partial charge in [0.1, 0.15) is 0 Å². The van der Waals surface area contributed by atoms with Gasteiger partial charge < -0.3 is 5.32 Å². The minimum atomic E-state index is 0.110. The molecule has 2 aromatic rings. The minimum Gasteiger partial charge on any atom is -0.306 e. The molecular weight excluding hydrogens is 256 g/mol. The fourth-order valence-electron chi connectivity index (χ4n) is 2.41. The Labute approximate surface area is 119 Å². The lowest BCUT2D eigenvalue weighted by Crippen LogP contribution is -2.22. The Hall–Kier alpha value is -1.38. The van der Waals surface area contributed by atoms with Crippen molar-refractivity contribution < 1.29 is 0 Å². The van der Waals surface area contributed by atoms with Gasteiger partial charge in [0.15, 0.2) is 0 Å². The summed E-state index contributed by atoms with van der Waals surface area (Å²) in [4.78, 5) is 4.06. The standard InChI is InChI=1S/C16H19ClN2/c1-4-19-16(14-5-6-18-10-15(14)17)13-8-11(2)7-12(3)9-13/h5-10,16,19H,4H2,1-3H3. The molecule has 19 heavy (non-hydrogen) atoms. The number of hydrogen-bond acceptors (Lipinski definition) is 2. The summed E-state index contributed by atoms with van der Waals surface area (Å²) in [5.74, 6) is 0. The van der Waals surface area contributed by atoms with E-state index in [1.165, 1.54) is 16.7 Å². The molecule has 1 heterocycles. The number of benzene rings is 1. The topological polar surface area (TPSA) is 24.9 Å². The number of rotatable bonds is 4. The van der Waals surface area contributed by atoms with Crippen molar-refractivity contribution in [3.8, 4) is 0 Å². The molecule has 0 saturated carbocycles. The summed E-state index contributed by atoms with van der Waals surface area (Å²) in [5, 5.41) is 4.20. The number of pyridine rings is 1. The third-order valence-electron chi connectivity index (χ3n) is 3.10. The van der Waals surface area contributed by atoms with E-state index in [-0.39, 0.29) is 6.04 Å². The maximum Gasteiger partial charge on any atom is 0.0640 e. The first-order valence-electron chi connectivity index (χ1n) is 6.52. The van der Waals surface area contributed by atoms with Crippen LogP contribution in [0.5, 0.6) is 0 Å². The summed E-state index contributed by atoms with van der Waals surface area (Å²) >= 11 is 6.28. The fraction of sp³-hybridized carbons (Fsp3) is 0.312. The van der Waals surface area contributed by atoms with Crippen LogP contribution in [0.15, 0.2) is 36.7 Å². The second kappa shape index (κ2) is 6.18. The van der Waals surface area contributed by atoms with Crippen molar-refractivity contribution >= 4 is 11.6 Å². The molecule has 1 atom stereocenters. The van der Waals surface area contributed by atoms with Gasteiger partial charge in [-0.1, -0.05) is 47.9 Å². The van der Waals surface area contributed by atoms with Gasteiger partial charge in [0.25, 0.3) is 0 Å². The van der Waals surface area contributed by atoms with Crippen LogP contribution in [-0.4, -0.2) is 11.5 Å². The van der Waals surface area contributed by atoms with Gasteiger partial charge in [0.05, 0.1) is 11.1 Å². The molecule has 2 nitrogen and oxygen atoms in total. The lowest BCUT2D eigenvalue weighted by Gasteiger charge is -2.21. The molecule has 0 bridgehead atoms. The van der Waals surface area contributed by atoms with Crippen LogP contribution in [-0.2, 0) is 0 Å². The van der Waals surface area contributed by atoms with Crippen molar-refractivity contribution in [1.29, 1.82) is 0 Å². The maximum absolute atomic E-state index is 6.28. The van der Waals surface area contributed by atoms with Crippen LogP contribution in [0.1, 0.15) is 35.2 Å². The minimum absolute atomic E-state index is 0.110. The molecule has 1 aromatic heterocycles. The summed E-state index contributed by atoms with van der Waals surface area (Å²) in [7, 11) is 0. The van der Waals surface area contributed by atoms with Gasteiger partial charge in [-0.3, -0.25) is 4.98 Å². The zero-order valence-corrected chi connectivity index (χ0v) is 12.3. The molecule has 1 unspecified atom stereocenters. The number of aryl methyl sites for hydroxylation is 2. The molecule has 100 valence electrons. The van der Waals surface area contributed by atoms with Gasteiger partial charge in [0, 0.05) is 12.4 Å². The maximum atomic E-state index is 6.28. The van der Waals surface area contributed by atoms with E-state index in [1.807, 2.05) is 6.07 Å². The quantitative estimate of drug-likeness (QED) is 0.910. The van der Waals surface area contributed by atoms with E-state index in [1.54, 1.807) is 12.4 Å². The largest absolute Gasteiger partial charge is 0.306 e. The van der Waals surface area contributed by atoms with E-state index in [2.05, 4.69) is 49.3 Å². The Morgan fingerprint density at radius 1 is 1.21 bits per heavy atom. The number of nitrogens with zero attached hydrogens (tertiary/aromatic N) is 1. The molecule has 0 amide bonds. The van der Waals surface area contributed by atoms with Crippen molar-refractivity contribution in [3.63, 3.8) is 0 Å². The van der Waals surface area contributed by atoms with Crippen LogP contribution in [0.25, 0.3) is 0 Å². The highest BCUT2D eigenvalue weighted by atomic mass is 35.5. The second-order valence-electron chi connectivity index (χ2n) is 4.81. The Kier molecular flexibility index (Phi) is 4.56. The zero-order valence-electron chi connectivity index (χ0n) is 11.6. The first-order valence-corrected chi connectivity index (χ1v) is 6.90. The van der Waals surface area contributed by atoms with Gasteiger partial charge in [-0.25, -0.2) is 0 Å². The van der Waals surface area contributed by atoms with E-state index in [0.29, 0.717) is 5.02 Å². The van der Waals surface area contributed by atoms with Crippen molar-refractivity contribution in [2.75, 3.05) is 6.54 Å². The summed E-state index contributed by atoms with van der Waals surface area (Å²) in [6.07, 6.45) is 3.48. The van der Waals surface area contributed by atoms with Gasteiger partial charge in [-0.05, 0) is 37.6 Å². The van der Waals surface area contributed by atoms with Gasteiger partial charge in [-0.2, -0.15) is 0 Å². The third-order valence-corrected chi connectivity index (χ3v) is 3.42. The van der Waals surface area contributed by atoms with Crippen molar-refractivity contribution in [1.82, 2.24) is 10.3 Å². The molecule has 0 saturated heterocycles. The second-order valence-corrected chi connectivity index (χ2v) is 5.22. The summed E-state index contributed by atoms with van der Waals surface area (Å²) in [5.41, 5.74) is 4.85. The SMILES string of the molecule is CCNC(c1cc(C)cc(C)c1)c1ccncc1Cl. The molecule has 2 rings (SSSR count). The number of nitrogens with one attached hydrogen (secondary N) is 1. The number of halogens is 1. The normalized spacial score (nSPS) is 12.4. The van der Waals surface area contributed by atoms with Crippen LogP contribution in [0.4, 0.5) is 0 Å². The highest BCUT2D eigenvalue weighted by Crippen LogP contribution is 2.28. The van der Waals surface area contributed by atoms with E-state index in [0.717, 1.165) is 12.1 Å². The summed E-state index contributed by atoms with van der Waals surface area (Å²) in [6.45, 7) is 7.22. The molecule has 0 spiro atoms. The van der Waals surface area contributed by atoms with Crippen LogP contribution in [0, 0.1) is 13.8 Å². The van der Waals surface area contributed by atoms with E-state index >= 15 is 0 Å². The van der Waals surface area contributed by atoms with E-state index in [9.17, 15) is 0 Å². The fourth-order valence-corrected chi connectivity index (χ4v) is 2.64. The molecule has 0 aliphatic heterocycles. The first kappa shape index (κ1) is 14.0. The van der Waals surface area contributed by atoms with Crippen molar-refractivity contribution in [3.05, 3.63) is 63.9 Å². The van der Waals surface area contributed by atoms with Crippen LogP contribution in [0.2, 0.25) is 5.02 Å². The predicted octanol–water partition coefficient (Wildman–Crippen LogP) is 4.05. The number of hydrogen-bond donors (Lipinski definition) is 1. The van der Waals surface area contributed by atoms with Crippen molar-refractivity contribution in [2.45, 2.75) is 26.8 Å². The van der Waals surface area contributed by atoms with E-state index < -0.39 is 0 Å². The van der Waals surface area contributed by atoms with E-state index in [4.69, 9.17) is 11.6 Å².